The molecule has 6 nitrogen and oxygen atoms in total. The van der Waals surface area contributed by atoms with Crippen LogP contribution < -0.4 is 15.5 Å². The van der Waals surface area contributed by atoms with Crippen LogP contribution in [0.2, 0.25) is 0 Å². The summed E-state index contributed by atoms with van der Waals surface area (Å²) in [6, 6.07) is 21.8. The van der Waals surface area contributed by atoms with Gasteiger partial charge in [-0.15, -0.1) is 0 Å². The zero-order valence-electron chi connectivity index (χ0n) is 16.2. The van der Waals surface area contributed by atoms with Crippen LogP contribution in [0, 0.1) is 18.3 Å². The fraction of sp³-hybridized carbons (Fsp3) is 0.0870. The Bertz CT molecular complexity index is 1120. The standard InChI is InChI=1S/C23H19BrN4O2/c1-16-12-20(10-11-21(16)24)27-23(29)28-26-14-18-7-4-5-9-22(18)30-15-19-8-3-2-6-17(19)13-25/h2-12,14H,15H2,1H3,(H2,27,28,29)/b26-14+. The summed E-state index contributed by atoms with van der Waals surface area (Å²) in [7, 11) is 0. The molecular weight excluding hydrogens is 444 g/mol. The molecule has 0 aliphatic carbocycles. The number of rotatable bonds is 6. The van der Waals surface area contributed by atoms with Crippen LogP contribution in [0.4, 0.5) is 10.5 Å². The van der Waals surface area contributed by atoms with Gasteiger partial charge >= 0.3 is 6.03 Å². The van der Waals surface area contributed by atoms with Crippen molar-refractivity contribution < 1.29 is 9.53 Å². The maximum absolute atomic E-state index is 12.1. The molecule has 0 aliphatic heterocycles. The third-order valence-corrected chi connectivity index (χ3v) is 5.12. The largest absolute Gasteiger partial charge is 0.488 e. The van der Waals surface area contributed by atoms with Gasteiger partial charge in [0.05, 0.1) is 17.8 Å². The second-order valence-electron chi connectivity index (χ2n) is 6.38. The number of hydrogen-bond donors (Lipinski definition) is 2. The molecule has 0 spiro atoms. The highest BCUT2D eigenvalue weighted by Crippen LogP contribution is 2.20. The summed E-state index contributed by atoms with van der Waals surface area (Å²) in [6.45, 7) is 2.20. The minimum Gasteiger partial charge on any atom is -0.488 e. The molecule has 3 rings (SSSR count). The molecule has 2 N–H and O–H groups in total. The van der Waals surface area contributed by atoms with E-state index in [2.05, 4.69) is 37.8 Å². The van der Waals surface area contributed by atoms with E-state index in [4.69, 9.17) is 4.74 Å². The van der Waals surface area contributed by atoms with Crippen LogP contribution in [0.15, 0.2) is 76.3 Å². The van der Waals surface area contributed by atoms with Crippen molar-refractivity contribution in [2.75, 3.05) is 5.32 Å². The number of carbonyl (C=O) groups is 1. The number of nitrogens with zero attached hydrogens (tertiary/aromatic N) is 2. The van der Waals surface area contributed by atoms with Gasteiger partial charge in [0, 0.05) is 21.3 Å². The summed E-state index contributed by atoms with van der Waals surface area (Å²) < 4.78 is 6.84. The number of aryl methyl sites for hydroxylation is 1. The number of halogens is 1. The number of urea groups is 1. The first-order chi connectivity index (χ1) is 14.6. The molecule has 0 atom stereocenters. The summed E-state index contributed by atoms with van der Waals surface area (Å²) in [5.74, 6) is 0.597. The van der Waals surface area contributed by atoms with Crippen LogP contribution in [0.5, 0.6) is 5.75 Å². The van der Waals surface area contributed by atoms with Gasteiger partial charge in [-0.2, -0.15) is 10.4 Å². The van der Waals surface area contributed by atoms with Gasteiger partial charge in [-0.25, -0.2) is 10.2 Å². The van der Waals surface area contributed by atoms with Crippen LogP contribution >= 0.6 is 15.9 Å². The number of nitriles is 1. The van der Waals surface area contributed by atoms with Crippen LogP contribution in [0.1, 0.15) is 22.3 Å². The summed E-state index contributed by atoms with van der Waals surface area (Å²) >= 11 is 3.43. The van der Waals surface area contributed by atoms with Crippen molar-refractivity contribution in [2.24, 2.45) is 5.10 Å². The van der Waals surface area contributed by atoms with Crippen LogP contribution in [0.3, 0.4) is 0 Å². The molecule has 0 bridgehead atoms. The summed E-state index contributed by atoms with van der Waals surface area (Å²) in [5, 5.41) is 15.9. The molecule has 30 heavy (non-hydrogen) atoms. The van der Waals surface area contributed by atoms with Crippen LogP contribution in [-0.2, 0) is 6.61 Å². The molecule has 0 aromatic heterocycles. The molecule has 3 aromatic rings. The van der Waals surface area contributed by atoms with E-state index in [1.54, 1.807) is 18.2 Å². The number of nitrogens with one attached hydrogen (secondary N) is 2. The third-order valence-electron chi connectivity index (χ3n) is 4.23. The second kappa shape index (κ2) is 10.2. The molecule has 0 aliphatic rings. The van der Waals surface area contributed by atoms with Gasteiger partial charge in [0.25, 0.3) is 0 Å². The Hall–Kier alpha value is -3.63. The molecule has 3 aromatic carbocycles. The normalized spacial score (nSPS) is 10.4. The van der Waals surface area contributed by atoms with Crippen molar-refractivity contribution in [3.63, 3.8) is 0 Å². The number of anilines is 1. The van der Waals surface area contributed by atoms with Crippen molar-refractivity contribution in [3.05, 3.63) is 93.5 Å². The Morgan fingerprint density at radius 2 is 1.93 bits per heavy atom. The lowest BCUT2D eigenvalue weighted by Crippen LogP contribution is -2.24. The Morgan fingerprint density at radius 3 is 2.73 bits per heavy atom. The van der Waals surface area contributed by atoms with Gasteiger partial charge in [-0.05, 0) is 48.9 Å². The molecule has 7 heteroatoms. The monoisotopic (exact) mass is 462 g/mol. The van der Waals surface area contributed by atoms with E-state index in [0.717, 1.165) is 15.6 Å². The van der Waals surface area contributed by atoms with Gasteiger partial charge in [0.2, 0.25) is 0 Å². The molecule has 0 fully saturated rings. The predicted molar refractivity (Wildman–Crippen MR) is 121 cm³/mol. The highest BCUT2D eigenvalue weighted by Gasteiger charge is 2.06. The summed E-state index contributed by atoms with van der Waals surface area (Å²) in [5.41, 5.74) is 6.20. The first kappa shape index (κ1) is 21.1. The molecule has 0 saturated carbocycles. The van der Waals surface area contributed by atoms with E-state index < -0.39 is 6.03 Å². The number of hydrazone groups is 1. The fourth-order valence-electron chi connectivity index (χ4n) is 2.67. The summed E-state index contributed by atoms with van der Waals surface area (Å²) in [6.07, 6.45) is 1.51. The van der Waals surface area contributed by atoms with Gasteiger partial charge < -0.3 is 10.1 Å². The number of para-hydroxylation sites is 1. The maximum Gasteiger partial charge on any atom is 0.339 e. The molecule has 0 saturated heterocycles. The zero-order chi connectivity index (χ0) is 21.3. The average molecular weight is 463 g/mol. The molecular formula is C23H19BrN4O2. The topological polar surface area (TPSA) is 86.5 Å². The van der Waals surface area contributed by atoms with Crippen LogP contribution in [-0.4, -0.2) is 12.2 Å². The van der Waals surface area contributed by atoms with Gasteiger partial charge in [0.1, 0.15) is 12.4 Å². The highest BCUT2D eigenvalue weighted by atomic mass is 79.9. The van der Waals surface area contributed by atoms with Gasteiger partial charge in [0.15, 0.2) is 0 Å². The molecule has 2 amide bonds. The fourth-order valence-corrected chi connectivity index (χ4v) is 2.92. The first-order valence-electron chi connectivity index (χ1n) is 9.13. The zero-order valence-corrected chi connectivity index (χ0v) is 17.8. The quantitative estimate of drug-likeness (QED) is 0.381. The lowest BCUT2D eigenvalue weighted by molar-refractivity contribution is 0.252. The Balaban J connectivity index is 1.61. The minimum absolute atomic E-state index is 0.255. The van der Waals surface area contributed by atoms with E-state index in [1.165, 1.54) is 6.21 Å². The number of carbonyl (C=O) groups excluding carboxylic acids is 1. The van der Waals surface area contributed by atoms with Gasteiger partial charge in [-0.1, -0.05) is 46.3 Å². The number of amides is 2. The number of hydrogen-bond acceptors (Lipinski definition) is 4. The second-order valence-corrected chi connectivity index (χ2v) is 7.24. The maximum atomic E-state index is 12.1. The Kier molecular flexibility index (Phi) is 7.19. The summed E-state index contributed by atoms with van der Waals surface area (Å²) in [4.78, 5) is 12.1. The van der Waals surface area contributed by atoms with E-state index in [-0.39, 0.29) is 6.61 Å². The van der Waals surface area contributed by atoms with Crippen molar-refractivity contribution in [1.82, 2.24) is 5.43 Å². The van der Waals surface area contributed by atoms with Gasteiger partial charge in [-0.3, -0.25) is 0 Å². The van der Waals surface area contributed by atoms with Crippen molar-refractivity contribution in [1.29, 1.82) is 5.26 Å². The number of benzene rings is 3. The lowest BCUT2D eigenvalue weighted by atomic mass is 10.1. The van der Waals surface area contributed by atoms with E-state index in [0.29, 0.717) is 22.6 Å². The smallest absolute Gasteiger partial charge is 0.339 e. The molecule has 0 radical (unpaired) electrons. The van der Waals surface area contributed by atoms with E-state index in [9.17, 15) is 10.1 Å². The third kappa shape index (κ3) is 5.69. The molecule has 0 heterocycles. The molecule has 0 unspecified atom stereocenters. The lowest BCUT2D eigenvalue weighted by Gasteiger charge is -2.10. The number of ether oxygens (including phenoxy) is 1. The van der Waals surface area contributed by atoms with Crippen LogP contribution in [0.25, 0.3) is 0 Å². The Morgan fingerprint density at radius 1 is 1.17 bits per heavy atom. The van der Waals surface area contributed by atoms with Crippen molar-refractivity contribution in [3.8, 4) is 11.8 Å². The predicted octanol–water partition coefficient (Wildman–Crippen LogP) is 5.36. The van der Waals surface area contributed by atoms with E-state index in [1.807, 2.05) is 55.5 Å². The first-order valence-corrected chi connectivity index (χ1v) is 9.92. The Labute approximate surface area is 183 Å². The SMILES string of the molecule is Cc1cc(NC(=O)N/N=C/c2ccccc2OCc2ccccc2C#N)ccc1Br. The van der Waals surface area contributed by atoms with Crippen molar-refractivity contribution in [2.45, 2.75) is 13.5 Å². The van der Waals surface area contributed by atoms with Crippen molar-refractivity contribution >= 4 is 33.9 Å². The van der Waals surface area contributed by atoms with E-state index >= 15 is 0 Å². The minimum atomic E-state index is -0.450. The highest BCUT2D eigenvalue weighted by molar-refractivity contribution is 9.10. The average Bonchev–Trinajstić information content (AvgIpc) is 2.76. The molecule has 150 valence electrons.